The van der Waals surface area contributed by atoms with Crippen LogP contribution in [0, 0.1) is 11.8 Å². The summed E-state index contributed by atoms with van der Waals surface area (Å²) < 4.78 is 33.0. The number of rotatable bonds is 9. The van der Waals surface area contributed by atoms with E-state index in [1.54, 1.807) is 7.11 Å². The molecule has 2 aliphatic rings. The standard InChI is InChI=1S/C21H32N2O3S/c1-3-4-14-27(24,25)22-21-18-11-12-19(21)16-23(15-18)13-7-9-17-8-5-6-10-20(17)26-2/h5-10,18-19,21-22H,3-4,11-16H2,1-2H3/b9-7+/t18-,19+,21?. The maximum absolute atomic E-state index is 12.3. The molecule has 0 amide bonds. The molecule has 1 heterocycles. The molecule has 1 aliphatic carbocycles. The number of piperidine rings is 1. The Morgan fingerprint density at radius 2 is 1.93 bits per heavy atom. The van der Waals surface area contributed by atoms with Crippen molar-refractivity contribution in [3.63, 3.8) is 0 Å². The van der Waals surface area contributed by atoms with Gasteiger partial charge in [-0.3, -0.25) is 4.90 Å². The fraction of sp³-hybridized carbons (Fsp3) is 0.619. The van der Waals surface area contributed by atoms with Gasteiger partial charge in [0.15, 0.2) is 0 Å². The molecule has 2 bridgehead atoms. The molecule has 0 spiro atoms. The van der Waals surface area contributed by atoms with Crippen molar-refractivity contribution in [2.24, 2.45) is 11.8 Å². The predicted molar refractivity (Wildman–Crippen MR) is 110 cm³/mol. The van der Waals surface area contributed by atoms with Gasteiger partial charge < -0.3 is 4.74 Å². The van der Waals surface area contributed by atoms with Gasteiger partial charge in [0.2, 0.25) is 10.0 Å². The summed E-state index contributed by atoms with van der Waals surface area (Å²) >= 11 is 0. The van der Waals surface area contributed by atoms with Crippen LogP contribution in [0.25, 0.3) is 6.08 Å². The third-order valence-corrected chi connectivity index (χ3v) is 7.25. The molecule has 150 valence electrons. The van der Waals surface area contributed by atoms with Crippen LogP contribution < -0.4 is 9.46 Å². The number of ether oxygens (including phenoxy) is 1. The molecule has 6 heteroatoms. The van der Waals surface area contributed by atoms with Gasteiger partial charge in [-0.15, -0.1) is 0 Å². The highest BCUT2D eigenvalue weighted by Gasteiger charge is 2.43. The fourth-order valence-corrected chi connectivity index (χ4v) is 5.98. The number of hydrogen-bond donors (Lipinski definition) is 1. The highest BCUT2D eigenvalue weighted by atomic mass is 32.2. The van der Waals surface area contributed by atoms with Crippen molar-refractivity contribution in [3.8, 4) is 5.75 Å². The van der Waals surface area contributed by atoms with Gasteiger partial charge in [-0.1, -0.05) is 43.7 Å². The first-order valence-electron chi connectivity index (χ1n) is 10.0. The normalized spacial score (nSPS) is 25.9. The molecule has 1 N–H and O–H groups in total. The summed E-state index contributed by atoms with van der Waals surface area (Å²) in [5, 5.41) is 0. The van der Waals surface area contributed by atoms with E-state index < -0.39 is 10.0 Å². The predicted octanol–water partition coefficient (Wildman–Crippen LogP) is 3.14. The third kappa shape index (κ3) is 5.33. The van der Waals surface area contributed by atoms with E-state index >= 15 is 0 Å². The van der Waals surface area contributed by atoms with Crippen LogP contribution >= 0.6 is 0 Å². The van der Waals surface area contributed by atoms with E-state index in [1.807, 2.05) is 25.1 Å². The minimum absolute atomic E-state index is 0.126. The summed E-state index contributed by atoms with van der Waals surface area (Å²) in [7, 11) is -1.45. The van der Waals surface area contributed by atoms with E-state index in [4.69, 9.17) is 4.74 Å². The number of nitrogens with zero attached hydrogens (tertiary/aromatic N) is 1. The Morgan fingerprint density at radius 1 is 1.22 bits per heavy atom. The molecule has 3 rings (SSSR count). The number of likely N-dealkylation sites (tertiary alicyclic amines) is 1. The molecule has 0 aromatic heterocycles. The van der Waals surface area contributed by atoms with Gasteiger partial charge in [0.25, 0.3) is 0 Å². The molecular weight excluding hydrogens is 360 g/mol. The van der Waals surface area contributed by atoms with Crippen molar-refractivity contribution < 1.29 is 13.2 Å². The summed E-state index contributed by atoms with van der Waals surface area (Å²) in [5.74, 6) is 2.00. The van der Waals surface area contributed by atoms with Crippen molar-refractivity contribution >= 4 is 16.1 Å². The molecule has 1 aromatic carbocycles. The number of sulfonamides is 1. The summed E-state index contributed by atoms with van der Waals surface area (Å²) in [5.41, 5.74) is 1.08. The molecule has 3 atom stereocenters. The highest BCUT2D eigenvalue weighted by Crippen LogP contribution is 2.37. The number of para-hydroxylation sites is 1. The quantitative estimate of drug-likeness (QED) is 0.701. The lowest BCUT2D eigenvalue weighted by Crippen LogP contribution is -2.52. The number of hydrogen-bond acceptors (Lipinski definition) is 4. The van der Waals surface area contributed by atoms with Crippen LogP contribution in [0.1, 0.15) is 38.2 Å². The zero-order valence-electron chi connectivity index (χ0n) is 16.4. The Labute approximate surface area is 163 Å². The van der Waals surface area contributed by atoms with Crippen LogP contribution in [0.2, 0.25) is 0 Å². The monoisotopic (exact) mass is 392 g/mol. The molecule has 5 nitrogen and oxygen atoms in total. The summed E-state index contributed by atoms with van der Waals surface area (Å²) in [6.45, 7) is 4.85. The number of nitrogens with one attached hydrogen (secondary N) is 1. The van der Waals surface area contributed by atoms with Gasteiger partial charge >= 0.3 is 0 Å². The van der Waals surface area contributed by atoms with Crippen LogP contribution in [0.5, 0.6) is 5.75 Å². The molecule has 1 aromatic rings. The molecule has 27 heavy (non-hydrogen) atoms. The first kappa shape index (κ1) is 20.4. The lowest BCUT2D eigenvalue weighted by atomic mass is 9.93. The van der Waals surface area contributed by atoms with E-state index in [1.165, 1.54) is 0 Å². The average Bonchev–Trinajstić information content (AvgIpc) is 2.88. The van der Waals surface area contributed by atoms with Crippen molar-refractivity contribution in [3.05, 3.63) is 35.9 Å². The smallest absolute Gasteiger partial charge is 0.211 e. The Morgan fingerprint density at radius 3 is 2.59 bits per heavy atom. The Balaban J connectivity index is 1.55. The van der Waals surface area contributed by atoms with E-state index in [0.29, 0.717) is 11.8 Å². The SMILES string of the molecule is CCCCS(=O)(=O)NC1[C@@H]2CC[C@H]1CN(C/C=C/c1ccccc1OC)C2. The number of benzene rings is 1. The first-order chi connectivity index (χ1) is 13.0. The molecule has 2 fully saturated rings. The largest absolute Gasteiger partial charge is 0.496 e. The maximum atomic E-state index is 12.3. The zero-order chi connectivity index (χ0) is 19.3. The summed E-state index contributed by atoms with van der Waals surface area (Å²) in [6.07, 6.45) is 8.18. The van der Waals surface area contributed by atoms with Gasteiger partial charge in [0, 0.05) is 31.2 Å². The van der Waals surface area contributed by atoms with Gasteiger partial charge in [-0.2, -0.15) is 0 Å². The minimum atomic E-state index is -3.14. The van der Waals surface area contributed by atoms with Crippen molar-refractivity contribution in [1.82, 2.24) is 9.62 Å². The summed E-state index contributed by atoms with van der Waals surface area (Å²) in [4.78, 5) is 2.45. The molecular formula is C21H32N2O3S. The second-order valence-electron chi connectivity index (χ2n) is 7.78. The Kier molecular flexibility index (Phi) is 6.95. The van der Waals surface area contributed by atoms with Gasteiger partial charge in [-0.05, 0) is 37.2 Å². The van der Waals surface area contributed by atoms with Crippen LogP contribution in [0.3, 0.4) is 0 Å². The van der Waals surface area contributed by atoms with Gasteiger partial charge in [0.05, 0.1) is 12.9 Å². The molecule has 1 saturated heterocycles. The van der Waals surface area contributed by atoms with Crippen LogP contribution in [0.15, 0.2) is 30.3 Å². The molecule has 1 saturated carbocycles. The Bertz CT molecular complexity index is 734. The minimum Gasteiger partial charge on any atom is -0.496 e. The van der Waals surface area contributed by atoms with Crippen molar-refractivity contribution in [2.45, 2.75) is 38.6 Å². The van der Waals surface area contributed by atoms with Crippen LogP contribution in [0.4, 0.5) is 0 Å². The summed E-state index contributed by atoms with van der Waals surface area (Å²) in [6, 6.07) is 8.13. The molecule has 1 unspecified atom stereocenters. The highest BCUT2D eigenvalue weighted by molar-refractivity contribution is 7.89. The molecule has 0 radical (unpaired) electrons. The number of unbranched alkanes of at least 4 members (excludes halogenated alkanes) is 1. The lowest BCUT2D eigenvalue weighted by Gasteiger charge is -2.37. The number of methoxy groups -OCH3 is 1. The van der Waals surface area contributed by atoms with Gasteiger partial charge in [-0.25, -0.2) is 13.1 Å². The van der Waals surface area contributed by atoms with E-state index in [9.17, 15) is 8.42 Å². The maximum Gasteiger partial charge on any atom is 0.211 e. The van der Waals surface area contributed by atoms with E-state index in [-0.39, 0.29) is 11.8 Å². The van der Waals surface area contributed by atoms with Crippen molar-refractivity contribution in [2.75, 3.05) is 32.5 Å². The fourth-order valence-electron chi connectivity index (χ4n) is 4.39. The van der Waals surface area contributed by atoms with E-state index in [0.717, 1.165) is 56.6 Å². The van der Waals surface area contributed by atoms with E-state index in [2.05, 4.69) is 27.8 Å². The second kappa shape index (κ2) is 9.22. The van der Waals surface area contributed by atoms with Crippen LogP contribution in [-0.4, -0.2) is 51.9 Å². The second-order valence-corrected chi connectivity index (χ2v) is 9.65. The van der Waals surface area contributed by atoms with Crippen molar-refractivity contribution in [1.29, 1.82) is 0 Å². The topological polar surface area (TPSA) is 58.6 Å². The number of fused-ring (bicyclic) bond motifs is 2. The third-order valence-electron chi connectivity index (χ3n) is 5.79. The lowest BCUT2D eigenvalue weighted by molar-refractivity contribution is 0.153. The Hall–Kier alpha value is -1.37. The zero-order valence-corrected chi connectivity index (χ0v) is 17.2. The average molecular weight is 393 g/mol. The molecule has 1 aliphatic heterocycles. The van der Waals surface area contributed by atoms with Crippen LogP contribution in [-0.2, 0) is 10.0 Å². The van der Waals surface area contributed by atoms with Gasteiger partial charge in [0.1, 0.15) is 5.75 Å². The first-order valence-corrected chi connectivity index (χ1v) is 11.7.